The molecule has 0 bridgehead atoms. The zero-order valence-electron chi connectivity index (χ0n) is 7.25. The van der Waals surface area contributed by atoms with Crippen molar-refractivity contribution in [2.24, 2.45) is 5.92 Å². The Labute approximate surface area is 80.7 Å². The molecule has 1 atom stereocenters. The van der Waals surface area contributed by atoms with Crippen LogP contribution >= 0.6 is 15.9 Å². The van der Waals surface area contributed by atoms with Gasteiger partial charge in [-0.2, -0.15) is 0 Å². The van der Waals surface area contributed by atoms with Crippen molar-refractivity contribution in [3.8, 4) is 0 Å². The van der Waals surface area contributed by atoms with Crippen LogP contribution in [-0.2, 0) is 0 Å². The molecule has 0 aliphatic heterocycles. The number of furan rings is 1. The number of aliphatic hydroxyl groups is 1. The fourth-order valence-electron chi connectivity index (χ4n) is 1.08. The van der Waals surface area contributed by atoms with E-state index in [1.165, 1.54) is 0 Å². The summed E-state index contributed by atoms with van der Waals surface area (Å²) in [5.41, 5.74) is 0.843. The van der Waals surface area contributed by atoms with E-state index in [0.717, 1.165) is 12.0 Å². The maximum atomic E-state index is 9.62. The van der Waals surface area contributed by atoms with Gasteiger partial charge in [-0.25, -0.2) is 0 Å². The summed E-state index contributed by atoms with van der Waals surface area (Å²) in [6.45, 7) is 4.16. The van der Waals surface area contributed by atoms with Crippen LogP contribution in [0.5, 0.6) is 0 Å². The minimum Gasteiger partial charge on any atom is -0.457 e. The van der Waals surface area contributed by atoms with Gasteiger partial charge >= 0.3 is 0 Å². The fourth-order valence-corrected chi connectivity index (χ4v) is 1.44. The molecule has 0 aliphatic carbocycles. The molecule has 0 saturated carbocycles. The fraction of sp³-hybridized carbons (Fsp3) is 0.556. The maximum Gasteiger partial charge on any atom is 0.169 e. The van der Waals surface area contributed by atoms with Gasteiger partial charge in [-0.3, -0.25) is 0 Å². The summed E-state index contributed by atoms with van der Waals surface area (Å²) < 4.78 is 5.69. The second-order valence-electron chi connectivity index (χ2n) is 3.33. The summed E-state index contributed by atoms with van der Waals surface area (Å²) in [5, 5.41) is 9.62. The van der Waals surface area contributed by atoms with E-state index in [0.29, 0.717) is 10.6 Å². The van der Waals surface area contributed by atoms with E-state index in [1.807, 2.05) is 0 Å². The molecule has 3 heteroatoms. The van der Waals surface area contributed by atoms with Crippen LogP contribution in [0, 0.1) is 5.92 Å². The molecule has 1 unspecified atom stereocenters. The lowest BCUT2D eigenvalue weighted by atomic mass is 10.0. The van der Waals surface area contributed by atoms with Gasteiger partial charge in [0.1, 0.15) is 0 Å². The molecule has 0 fully saturated rings. The summed E-state index contributed by atoms with van der Waals surface area (Å²) >= 11 is 3.19. The first-order chi connectivity index (χ1) is 5.59. The Morgan fingerprint density at radius 3 is 2.67 bits per heavy atom. The van der Waals surface area contributed by atoms with Crippen LogP contribution in [-0.4, -0.2) is 5.11 Å². The molecule has 1 N–H and O–H groups in total. The van der Waals surface area contributed by atoms with Crippen molar-refractivity contribution >= 4 is 15.9 Å². The summed E-state index contributed by atoms with van der Waals surface area (Å²) in [6, 6.07) is 1.80. The molecule has 0 spiro atoms. The molecule has 1 aromatic rings. The molecule has 68 valence electrons. The normalized spacial score (nSPS) is 13.8. The highest BCUT2D eigenvalue weighted by Gasteiger charge is 2.11. The van der Waals surface area contributed by atoms with Crippen LogP contribution in [0.2, 0.25) is 0 Å². The summed E-state index contributed by atoms with van der Waals surface area (Å²) in [5.74, 6) is 0.494. The molecule has 12 heavy (non-hydrogen) atoms. The summed E-state index contributed by atoms with van der Waals surface area (Å²) in [7, 11) is 0. The zero-order chi connectivity index (χ0) is 9.14. The molecule has 0 amide bonds. The van der Waals surface area contributed by atoms with Crippen LogP contribution in [0.25, 0.3) is 0 Å². The first-order valence-electron chi connectivity index (χ1n) is 4.01. The van der Waals surface area contributed by atoms with Crippen molar-refractivity contribution in [2.45, 2.75) is 26.4 Å². The van der Waals surface area contributed by atoms with Gasteiger partial charge in [-0.15, -0.1) is 0 Å². The lowest BCUT2D eigenvalue weighted by Crippen LogP contribution is -2.00. The number of halogens is 1. The first-order valence-corrected chi connectivity index (χ1v) is 4.81. The lowest BCUT2D eigenvalue weighted by Gasteiger charge is -2.09. The van der Waals surface area contributed by atoms with E-state index >= 15 is 0 Å². The summed E-state index contributed by atoms with van der Waals surface area (Å²) in [6.07, 6.45) is 1.95. The standard InChI is InChI=1S/C9H13BrO2/c1-6(2)3-8(11)7-4-9(10)12-5-7/h4-6,8,11H,3H2,1-2H3. The van der Waals surface area contributed by atoms with Gasteiger partial charge in [0, 0.05) is 5.56 Å². The van der Waals surface area contributed by atoms with Crippen LogP contribution in [0.15, 0.2) is 21.4 Å². The molecule has 0 saturated heterocycles. The van der Waals surface area contributed by atoms with E-state index in [-0.39, 0.29) is 0 Å². The van der Waals surface area contributed by atoms with E-state index in [2.05, 4.69) is 29.8 Å². The van der Waals surface area contributed by atoms with Crippen LogP contribution in [0.3, 0.4) is 0 Å². The van der Waals surface area contributed by atoms with Gasteiger partial charge in [0.15, 0.2) is 4.67 Å². The number of hydrogen-bond donors (Lipinski definition) is 1. The summed E-state index contributed by atoms with van der Waals surface area (Å²) in [4.78, 5) is 0. The third-order valence-electron chi connectivity index (χ3n) is 1.67. The van der Waals surface area contributed by atoms with Crippen molar-refractivity contribution in [3.63, 3.8) is 0 Å². The average molecular weight is 233 g/mol. The Morgan fingerprint density at radius 1 is 1.58 bits per heavy atom. The number of hydrogen-bond acceptors (Lipinski definition) is 2. The Morgan fingerprint density at radius 2 is 2.25 bits per heavy atom. The van der Waals surface area contributed by atoms with Crippen LogP contribution in [0.1, 0.15) is 31.9 Å². The van der Waals surface area contributed by atoms with Crippen molar-refractivity contribution in [3.05, 3.63) is 22.6 Å². The lowest BCUT2D eigenvalue weighted by molar-refractivity contribution is 0.150. The largest absolute Gasteiger partial charge is 0.457 e. The topological polar surface area (TPSA) is 33.4 Å². The Bertz CT molecular complexity index is 242. The van der Waals surface area contributed by atoms with Crippen LogP contribution in [0.4, 0.5) is 0 Å². The average Bonchev–Trinajstić information content (AvgIpc) is 2.34. The van der Waals surface area contributed by atoms with Crippen molar-refractivity contribution in [1.29, 1.82) is 0 Å². The van der Waals surface area contributed by atoms with Crippen molar-refractivity contribution < 1.29 is 9.52 Å². The molecule has 0 radical (unpaired) electrons. The second kappa shape index (κ2) is 4.10. The highest BCUT2D eigenvalue weighted by atomic mass is 79.9. The smallest absolute Gasteiger partial charge is 0.169 e. The van der Waals surface area contributed by atoms with Gasteiger partial charge < -0.3 is 9.52 Å². The van der Waals surface area contributed by atoms with E-state index in [4.69, 9.17) is 4.42 Å². The Kier molecular flexibility index (Phi) is 3.35. The van der Waals surface area contributed by atoms with Gasteiger partial charge in [-0.1, -0.05) is 13.8 Å². The third kappa shape index (κ3) is 2.64. The molecule has 1 aromatic heterocycles. The number of rotatable bonds is 3. The third-order valence-corrected chi connectivity index (χ3v) is 2.08. The highest BCUT2D eigenvalue weighted by Crippen LogP contribution is 2.24. The Hall–Kier alpha value is -0.280. The predicted octanol–water partition coefficient (Wildman–Crippen LogP) is 3.12. The quantitative estimate of drug-likeness (QED) is 0.869. The Balaban J connectivity index is 2.58. The van der Waals surface area contributed by atoms with Crippen LogP contribution < -0.4 is 0 Å². The predicted molar refractivity (Wildman–Crippen MR) is 50.8 cm³/mol. The van der Waals surface area contributed by atoms with Gasteiger partial charge in [0.05, 0.1) is 12.4 Å². The van der Waals surface area contributed by atoms with E-state index in [1.54, 1.807) is 12.3 Å². The van der Waals surface area contributed by atoms with Gasteiger partial charge in [0.2, 0.25) is 0 Å². The molecule has 2 nitrogen and oxygen atoms in total. The van der Waals surface area contributed by atoms with Crippen molar-refractivity contribution in [1.82, 2.24) is 0 Å². The van der Waals surface area contributed by atoms with Gasteiger partial charge in [-0.05, 0) is 34.3 Å². The second-order valence-corrected chi connectivity index (χ2v) is 4.11. The maximum absolute atomic E-state index is 9.62. The minimum absolute atomic E-state index is 0.403. The van der Waals surface area contributed by atoms with E-state index in [9.17, 15) is 5.11 Å². The SMILES string of the molecule is CC(C)CC(O)c1coc(Br)c1. The molecular weight excluding hydrogens is 220 g/mol. The molecular formula is C9H13BrO2. The van der Waals surface area contributed by atoms with E-state index < -0.39 is 6.10 Å². The minimum atomic E-state index is -0.403. The first kappa shape index (κ1) is 9.81. The van der Waals surface area contributed by atoms with Gasteiger partial charge in [0.25, 0.3) is 0 Å². The molecule has 0 aromatic carbocycles. The molecule has 1 rings (SSSR count). The zero-order valence-corrected chi connectivity index (χ0v) is 8.84. The number of aliphatic hydroxyl groups excluding tert-OH is 1. The van der Waals surface area contributed by atoms with Crippen molar-refractivity contribution in [2.75, 3.05) is 0 Å². The highest BCUT2D eigenvalue weighted by molar-refractivity contribution is 9.10. The molecule has 0 aliphatic rings. The monoisotopic (exact) mass is 232 g/mol. The molecule has 1 heterocycles.